The molecule has 4 rings (SSSR count). The molecule has 3 heterocycles. The second-order valence-electron chi connectivity index (χ2n) is 5.93. The summed E-state index contributed by atoms with van der Waals surface area (Å²) in [6.07, 6.45) is 2.85. The van der Waals surface area contributed by atoms with E-state index >= 15 is 0 Å². The third-order valence-corrected chi connectivity index (χ3v) is 4.19. The molecule has 1 aromatic carbocycles. The number of nitrogens with one attached hydrogen (secondary N) is 1. The Labute approximate surface area is 144 Å². The molecule has 1 N–H and O–H groups in total. The molecular weight excluding hydrogens is 321 g/mol. The van der Waals surface area contributed by atoms with Crippen LogP contribution < -0.4 is 10.2 Å². The van der Waals surface area contributed by atoms with Gasteiger partial charge in [-0.1, -0.05) is 5.16 Å². The van der Waals surface area contributed by atoms with E-state index in [1.165, 1.54) is 12.1 Å². The van der Waals surface area contributed by atoms with Gasteiger partial charge in [0.2, 0.25) is 5.82 Å². The van der Waals surface area contributed by atoms with E-state index in [1.807, 2.05) is 12.1 Å². The largest absolute Gasteiger partial charge is 0.355 e. The molecule has 128 valence electrons. The molecule has 1 saturated heterocycles. The molecule has 0 spiro atoms. The SMILES string of the molecule is Fc1ccc(-c2noc(-c3ccc(N4CCCNCC4)nc3)n2)cc1. The molecule has 0 amide bonds. The zero-order valence-electron chi connectivity index (χ0n) is 13.7. The molecule has 1 aliphatic heterocycles. The summed E-state index contributed by atoms with van der Waals surface area (Å²) in [5.41, 5.74) is 1.47. The number of benzene rings is 1. The van der Waals surface area contributed by atoms with Crippen LogP contribution in [0.1, 0.15) is 6.42 Å². The highest BCUT2D eigenvalue weighted by Gasteiger charge is 2.14. The van der Waals surface area contributed by atoms with Gasteiger partial charge in [-0.2, -0.15) is 4.98 Å². The zero-order valence-corrected chi connectivity index (χ0v) is 13.7. The molecule has 7 heteroatoms. The molecule has 0 bridgehead atoms. The van der Waals surface area contributed by atoms with Crippen LogP contribution in [-0.2, 0) is 0 Å². The maximum atomic E-state index is 13.0. The fourth-order valence-electron chi connectivity index (χ4n) is 2.83. The van der Waals surface area contributed by atoms with E-state index in [9.17, 15) is 4.39 Å². The molecule has 6 nitrogen and oxygen atoms in total. The highest BCUT2D eigenvalue weighted by molar-refractivity contribution is 5.60. The second kappa shape index (κ2) is 6.98. The average molecular weight is 339 g/mol. The van der Waals surface area contributed by atoms with Crippen molar-refractivity contribution in [1.82, 2.24) is 20.4 Å². The Morgan fingerprint density at radius 1 is 1.00 bits per heavy atom. The molecular formula is C18H18FN5O. The summed E-state index contributed by atoms with van der Waals surface area (Å²) in [5, 5.41) is 7.34. The normalized spacial score (nSPS) is 15.2. The van der Waals surface area contributed by atoms with Crippen LogP contribution >= 0.6 is 0 Å². The zero-order chi connectivity index (χ0) is 17.1. The summed E-state index contributed by atoms with van der Waals surface area (Å²) in [6.45, 7) is 3.95. The first-order valence-corrected chi connectivity index (χ1v) is 8.31. The van der Waals surface area contributed by atoms with Crippen LogP contribution in [0.4, 0.5) is 10.2 Å². The molecule has 0 radical (unpaired) electrons. The molecule has 2 aromatic heterocycles. The van der Waals surface area contributed by atoms with Crippen LogP contribution in [0, 0.1) is 5.82 Å². The van der Waals surface area contributed by atoms with Gasteiger partial charge in [0.15, 0.2) is 0 Å². The minimum atomic E-state index is -0.295. The standard InChI is InChI=1S/C18H18FN5O/c19-15-5-2-13(3-6-15)17-22-18(25-23-17)14-4-7-16(21-12-14)24-10-1-8-20-9-11-24/h2-7,12,20H,1,8-11H2. The Morgan fingerprint density at radius 2 is 1.84 bits per heavy atom. The minimum absolute atomic E-state index is 0.295. The monoisotopic (exact) mass is 339 g/mol. The number of aromatic nitrogens is 3. The predicted molar refractivity (Wildman–Crippen MR) is 92.6 cm³/mol. The Kier molecular flexibility index (Phi) is 4.39. The van der Waals surface area contributed by atoms with E-state index in [0.29, 0.717) is 17.3 Å². The average Bonchev–Trinajstić information content (AvgIpc) is 2.98. The molecule has 1 aliphatic rings. The Balaban J connectivity index is 1.53. The highest BCUT2D eigenvalue weighted by Crippen LogP contribution is 2.23. The lowest BCUT2D eigenvalue weighted by molar-refractivity contribution is 0.432. The number of nitrogens with zero attached hydrogens (tertiary/aromatic N) is 4. The van der Waals surface area contributed by atoms with Gasteiger partial charge in [0.1, 0.15) is 11.6 Å². The van der Waals surface area contributed by atoms with Crippen molar-refractivity contribution in [1.29, 1.82) is 0 Å². The predicted octanol–water partition coefficient (Wildman–Crippen LogP) is 2.74. The molecule has 0 atom stereocenters. The van der Waals surface area contributed by atoms with Crippen molar-refractivity contribution in [3.63, 3.8) is 0 Å². The maximum absolute atomic E-state index is 13.0. The van der Waals surface area contributed by atoms with Gasteiger partial charge in [0, 0.05) is 31.4 Å². The first kappa shape index (κ1) is 15.7. The molecule has 0 unspecified atom stereocenters. The van der Waals surface area contributed by atoms with Crippen molar-refractivity contribution in [2.45, 2.75) is 6.42 Å². The van der Waals surface area contributed by atoms with Gasteiger partial charge >= 0.3 is 0 Å². The number of anilines is 1. The summed E-state index contributed by atoms with van der Waals surface area (Å²) in [4.78, 5) is 11.2. The number of hydrogen-bond donors (Lipinski definition) is 1. The van der Waals surface area contributed by atoms with E-state index in [1.54, 1.807) is 18.3 Å². The first-order chi connectivity index (χ1) is 12.3. The molecule has 0 aliphatic carbocycles. The summed E-state index contributed by atoms with van der Waals surface area (Å²) in [7, 11) is 0. The van der Waals surface area contributed by atoms with Crippen molar-refractivity contribution in [3.05, 3.63) is 48.4 Å². The molecule has 25 heavy (non-hydrogen) atoms. The smallest absolute Gasteiger partial charge is 0.259 e. The van der Waals surface area contributed by atoms with Crippen LogP contribution in [0.3, 0.4) is 0 Å². The van der Waals surface area contributed by atoms with Crippen LogP contribution in [0.5, 0.6) is 0 Å². The van der Waals surface area contributed by atoms with Gasteiger partial charge in [-0.3, -0.25) is 0 Å². The Morgan fingerprint density at radius 3 is 2.64 bits per heavy atom. The van der Waals surface area contributed by atoms with Gasteiger partial charge in [-0.25, -0.2) is 9.37 Å². The number of pyridine rings is 1. The van der Waals surface area contributed by atoms with E-state index in [0.717, 1.165) is 44.0 Å². The van der Waals surface area contributed by atoms with Crippen molar-refractivity contribution in [3.8, 4) is 22.8 Å². The number of halogens is 1. The molecule has 3 aromatic rings. The van der Waals surface area contributed by atoms with Gasteiger partial charge < -0.3 is 14.7 Å². The maximum Gasteiger partial charge on any atom is 0.259 e. The quantitative estimate of drug-likeness (QED) is 0.791. The van der Waals surface area contributed by atoms with Gasteiger partial charge in [0.05, 0.1) is 5.56 Å². The third kappa shape index (κ3) is 3.51. The fraction of sp³-hybridized carbons (Fsp3) is 0.278. The molecule has 0 saturated carbocycles. The van der Waals surface area contributed by atoms with Crippen molar-refractivity contribution < 1.29 is 8.91 Å². The van der Waals surface area contributed by atoms with E-state index < -0.39 is 0 Å². The van der Waals surface area contributed by atoms with Crippen molar-refractivity contribution >= 4 is 5.82 Å². The molecule has 1 fully saturated rings. The van der Waals surface area contributed by atoms with Gasteiger partial charge in [-0.05, 0) is 49.4 Å². The van der Waals surface area contributed by atoms with Gasteiger partial charge in [0.25, 0.3) is 5.89 Å². The lowest BCUT2D eigenvalue weighted by atomic mass is 10.2. The minimum Gasteiger partial charge on any atom is -0.355 e. The van der Waals surface area contributed by atoms with Crippen molar-refractivity contribution in [2.75, 3.05) is 31.1 Å². The Hall–Kier alpha value is -2.80. The van der Waals surface area contributed by atoms with E-state index in [2.05, 4.69) is 25.3 Å². The first-order valence-electron chi connectivity index (χ1n) is 8.31. The summed E-state index contributed by atoms with van der Waals surface area (Å²) in [6, 6.07) is 9.90. The highest BCUT2D eigenvalue weighted by atomic mass is 19.1. The van der Waals surface area contributed by atoms with Crippen LogP contribution in [0.2, 0.25) is 0 Å². The van der Waals surface area contributed by atoms with E-state index in [-0.39, 0.29) is 5.82 Å². The second-order valence-corrected chi connectivity index (χ2v) is 5.93. The fourth-order valence-corrected chi connectivity index (χ4v) is 2.83. The summed E-state index contributed by atoms with van der Waals surface area (Å²) >= 11 is 0. The van der Waals surface area contributed by atoms with Crippen LogP contribution in [-0.4, -0.2) is 41.3 Å². The van der Waals surface area contributed by atoms with Crippen LogP contribution in [0.15, 0.2) is 47.1 Å². The summed E-state index contributed by atoms with van der Waals surface area (Å²) < 4.78 is 18.3. The number of rotatable bonds is 3. The summed E-state index contributed by atoms with van der Waals surface area (Å²) in [5.74, 6) is 1.48. The lowest BCUT2D eigenvalue weighted by Gasteiger charge is -2.20. The van der Waals surface area contributed by atoms with Crippen LogP contribution in [0.25, 0.3) is 22.8 Å². The van der Waals surface area contributed by atoms with E-state index in [4.69, 9.17) is 4.52 Å². The lowest BCUT2D eigenvalue weighted by Crippen LogP contribution is -2.28. The van der Waals surface area contributed by atoms with Crippen molar-refractivity contribution in [2.24, 2.45) is 0 Å². The van der Waals surface area contributed by atoms with Gasteiger partial charge in [-0.15, -0.1) is 0 Å². The number of hydrogen-bond acceptors (Lipinski definition) is 6. The Bertz CT molecular complexity index is 823. The topological polar surface area (TPSA) is 67.1 Å². The third-order valence-electron chi connectivity index (χ3n) is 4.19.